The molecule has 2 aromatic carbocycles. The van der Waals surface area contributed by atoms with Crippen LogP contribution in [0.1, 0.15) is 22.6 Å². The van der Waals surface area contributed by atoms with E-state index in [1.807, 2.05) is 18.2 Å². The van der Waals surface area contributed by atoms with Crippen LogP contribution in [0.25, 0.3) is 11.4 Å². The molecule has 1 fully saturated rings. The van der Waals surface area contributed by atoms with Crippen LogP contribution in [0, 0.1) is 13.8 Å². The van der Waals surface area contributed by atoms with Crippen LogP contribution < -0.4 is 0 Å². The molecule has 1 aliphatic rings. The summed E-state index contributed by atoms with van der Waals surface area (Å²) in [4.78, 5) is 9.51. The lowest BCUT2D eigenvalue weighted by Crippen LogP contribution is -2.45. The second-order valence-corrected chi connectivity index (χ2v) is 7.31. The lowest BCUT2D eigenvalue weighted by molar-refractivity contribution is 0.112. The fourth-order valence-electron chi connectivity index (χ4n) is 3.58. The van der Waals surface area contributed by atoms with Crippen LogP contribution in [-0.4, -0.2) is 46.1 Å². The number of hydrogen-bond donors (Lipinski definition) is 0. The van der Waals surface area contributed by atoms with Crippen molar-refractivity contribution < 1.29 is 4.52 Å². The Kier molecular flexibility index (Phi) is 5.32. The summed E-state index contributed by atoms with van der Waals surface area (Å²) in [6, 6.07) is 16.8. The van der Waals surface area contributed by atoms with E-state index in [0.29, 0.717) is 11.7 Å². The molecule has 0 unspecified atom stereocenters. The zero-order chi connectivity index (χ0) is 18.6. The maximum Gasteiger partial charge on any atom is 0.241 e. The van der Waals surface area contributed by atoms with Gasteiger partial charge in [-0.1, -0.05) is 53.7 Å². The Hall–Kier alpha value is -2.50. The maximum atomic E-state index is 5.50. The van der Waals surface area contributed by atoms with Crippen molar-refractivity contribution in [3.63, 3.8) is 0 Å². The smallest absolute Gasteiger partial charge is 0.241 e. The highest BCUT2D eigenvalue weighted by Gasteiger charge is 2.20. The minimum absolute atomic E-state index is 0.682. The normalized spacial score (nSPS) is 15.9. The Balaban J connectivity index is 1.32. The fourth-order valence-corrected chi connectivity index (χ4v) is 3.58. The van der Waals surface area contributed by atoms with Crippen LogP contribution in [-0.2, 0) is 13.1 Å². The number of aryl methyl sites for hydroxylation is 2. The number of benzene rings is 2. The van der Waals surface area contributed by atoms with Crippen LogP contribution in [0.15, 0.2) is 53.1 Å². The number of nitrogens with zero attached hydrogens (tertiary/aromatic N) is 4. The van der Waals surface area contributed by atoms with Crippen LogP contribution in [0.5, 0.6) is 0 Å². The van der Waals surface area contributed by atoms with Crippen molar-refractivity contribution in [3.8, 4) is 11.4 Å². The summed E-state index contributed by atoms with van der Waals surface area (Å²) in [6.45, 7) is 10.2. The first kappa shape index (κ1) is 17.9. The van der Waals surface area contributed by atoms with E-state index in [-0.39, 0.29) is 0 Å². The Morgan fingerprint density at radius 2 is 1.44 bits per heavy atom. The van der Waals surface area contributed by atoms with Gasteiger partial charge in [-0.25, -0.2) is 0 Å². The van der Waals surface area contributed by atoms with Crippen LogP contribution in [0.2, 0.25) is 0 Å². The predicted molar refractivity (Wildman–Crippen MR) is 106 cm³/mol. The first-order valence-electron chi connectivity index (χ1n) is 9.57. The largest absolute Gasteiger partial charge is 0.338 e. The molecule has 27 heavy (non-hydrogen) atoms. The van der Waals surface area contributed by atoms with Gasteiger partial charge in [-0.15, -0.1) is 0 Å². The van der Waals surface area contributed by atoms with Crippen LogP contribution in [0.3, 0.4) is 0 Å². The summed E-state index contributed by atoms with van der Waals surface area (Å²) in [6.07, 6.45) is 0. The topological polar surface area (TPSA) is 45.4 Å². The zero-order valence-corrected chi connectivity index (χ0v) is 16.1. The molecule has 0 aliphatic carbocycles. The van der Waals surface area contributed by atoms with E-state index in [2.05, 4.69) is 64.1 Å². The third-order valence-corrected chi connectivity index (χ3v) is 5.33. The van der Waals surface area contributed by atoms with Gasteiger partial charge in [0.25, 0.3) is 0 Å². The number of piperazine rings is 1. The molecule has 1 aromatic heterocycles. The number of aromatic nitrogens is 2. The average molecular weight is 362 g/mol. The Morgan fingerprint density at radius 3 is 2.15 bits per heavy atom. The quantitative estimate of drug-likeness (QED) is 0.693. The minimum Gasteiger partial charge on any atom is -0.338 e. The van der Waals surface area contributed by atoms with Crippen molar-refractivity contribution in [1.82, 2.24) is 19.9 Å². The van der Waals surface area contributed by atoms with Gasteiger partial charge in [0.2, 0.25) is 11.7 Å². The second-order valence-electron chi connectivity index (χ2n) is 7.31. The van der Waals surface area contributed by atoms with Crippen molar-refractivity contribution in [2.45, 2.75) is 26.9 Å². The van der Waals surface area contributed by atoms with Gasteiger partial charge in [-0.05, 0) is 30.5 Å². The predicted octanol–water partition coefficient (Wildman–Crippen LogP) is 3.67. The van der Waals surface area contributed by atoms with Crippen LogP contribution >= 0.6 is 0 Å². The molecule has 1 aliphatic heterocycles. The Labute approximate surface area is 160 Å². The van der Waals surface area contributed by atoms with Gasteiger partial charge in [-0.3, -0.25) is 9.80 Å². The molecule has 5 nitrogen and oxygen atoms in total. The molecule has 0 radical (unpaired) electrons. The lowest BCUT2D eigenvalue weighted by Gasteiger charge is -2.34. The molecule has 0 N–H and O–H groups in total. The van der Waals surface area contributed by atoms with Crippen molar-refractivity contribution in [1.29, 1.82) is 0 Å². The van der Waals surface area contributed by atoms with E-state index in [0.717, 1.165) is 50.4 Å². The molecular weight excluding hydrogens is 336 g/mol. The standard InChI is InChI=1S/C22H26N4O/c1-17-7-3-5-9-19(17)15-25-11-13-26(14-12-25)16-21-23-22(24-27-21)20-10-6-4-8-18(20)2/h3-10H,11-16H2,1-2H3. The molecule has 140 valence electrons. The average Bonchev–Trinajstić information content (AvgIpc) is 3.14. The molecule has 0 amide bonds. The highest BCUT2D eigenvalue weighted by molar-refractivity contribution is 5.58. The molecule has 0 atom stereocenters. The van der Waals surface area contributed by atoms with Gasteiger partial charge in [-0.2, -0.15) is 4.98 Å². The molecule has 0 bridgehead atoms. The monoisotopic (exact) mass is 362 g/mol. The van der Waals surface area contributed by atoms with Gasteiger partial charge in [0.15, 0.2) is 0 Å². The summed E-state index contributed by atoms with van der Waals surface area (Å²) in [5.41, 5.74) is 4.99. The van der Waals surface area contributed by atoms with E-state index in [1.54, 1.807) is 0 Å². The molecule has 3 aromatic rings. The van der Waals surface area contributed by atoms with E-state index < -0.39 is 0 Å². The molecular formula is C22H26N4O. The third kappa shape index (κ3) is 4.26. The molecule has 2 heterocycles. The first-order valence-corrected chi connectivity index (χ1v) is 9.57. The van der Waals surface area contributed by atoms with Gasteiger partial charge in [0.05, 0.1) is 6.54 Å². The summed E-state index contributed by atoms with van der Waals surface area (Å²) in [7, 11) is 0. The highest BCUT2D eigenvalue weighted by Crippen LogP contribution is 2.20. The number of rotatable bonds is 5. The molecule has 1 saturated heterocycles. The van der Waals surface area contributed by atoms with E-state index in [9.17, 15) is 0 Å². The van der Waals surface area contributed by atoms with Gasteiger partial charge in [0, 0.05) is 38.3 Å². The summed E-state index contributed by atoms with van der Waals surface area (Å²) in [5, 5.41) is 4.17. The van der Waals surface area contributed by atoms with E-state index in [4.69, 9.17) is 4.52 Å². The van der Waals surface area contributed by atoms with E-state index in [1.165, 1.54) is 11.1 Å². The highest BCUT2D eigenvalue weighted by atomic mass is 16.5. The fraction of sp³-hybridized carbons (Fsp3) is 0.364. The maximum absolute atomic E-state index is 5.50. The first-order chi connectivity index (χ1) is 13.2. The van der Waals surface area contributed by atoms with Crippen LogP contribution in [0.4, 0.5) is 0 Å². The third-order valence-electron chi connectivity index (χ3n) is 5.33. The van der Waals surface area contributed by atoms with Gasteiger partial charge >= 0.3 is 0 Å². The molecule has 5 heteroatoms. The van der Waals surface area contributed by atoms with Gasteiger partial charge in [0.1, 0.15) is 0 Å². The molecule has 4 rings (SSSR count). The summed E-state index contributed by atoms with van der Waals surface area (Å²) < 4.78 is 5.50. The lowest BCUT2D eigenvalue weighted by atomic mass is 10.1. The Bertz CT molecular complexity index is 897. The summed E-state index contributed by atoms with van der Waals surface area (Å²) >= 11 is 0. The SMILES string of the molecule is Cc1ccccc1CN1CCN(Cc2nc(-c3ccccc3C)no2)CC1. The summed E-state index contributed by atoms with van der Waals surface area (Å²) in [5.74, 6) is 1.38. The minimum atomic E-state index is 0.682. The van der Waals surface area contributed by atoms with Crippen molar-refractivity contribution in [3.05, 3.63) is 71.1 Å². The van der Waals surface area contributed by atoms with Crippen molar-refractivity contribution in [2.24, 2.45) is 0 Å². The number of hydrogen-bond acceptors (Lipinski definition) is 5. The van der Waals surface area contributed by atoms with E-state index >= 15 is 0 Å². The Morgan fingerprint density at radius 1 is 0.815 bits per heavy atom. The second kappa shape index (κ2) is 8.03. The molecule has 0 saturated carbocycles. The van der Waals surface area contributed by atoms with Gasteiger partial charge < -0.3 is 4.52 Å². The van der Waals surface area contributed by atoms with Crippen molar-refractivity contribution in [2.75, 3.05) is 26.2 Å². The zero-order valence-electron chi connectivity index (χ0n) is 16.1. The molecule has 0 spiro atoms. The van der Waals surface area contributed by atoms with Crippen molar-refractivity contribution >= 4 is 0 Å².